The van der Waals surface area contributed by atoms with Crippen LogP contribution in [0.25, 0.3) is 0 Å². The van der Waals surface area contributed by atoms with Crippen LogP contribution < -0.4 is 5.32 Å². The molecule has 2 unspecified atom stereocenters. The van der Waals surface area contributed by atoms with Gasteiger partial charge in [0.2, 0.25) is 0 Å². The van der Waals surface area contributed by atoms with Crippen molar-refractivity contribution in [2.75, 3.05) is 13.7 Å². The zero-order chi connectivity index (χ0) is 13.1. The van der Waals surface area contributed by atoms with Crippen LogP contribution in [0.15, 0.2) is 5.16 Å². The molecule has 1 heterocycles. The van der Waals surface area contributed by atoms with E-state index in [2.05, 4.69) is 22.4 Å². The van der Waals surface area contributed by atoms with E-state index in [0.717, 1.165) is 17.4 Å². The summed E-state index contributed by atoms with van der Waals surface area (Å²) in [6, 6.07) is 0. The van der Waals surface area contributed by atoms with Crippen LogP contribution in [0.3, 0.4) is 0 Å². The molecule has 0 aliphatic heterocycles. The maximum absolute atomic E-state index is 9.35. The lowest BCUT2D eigenvalue weighted by Crippen LogP contribution is -2.45. The summed E-state index contributed by atoms with van der Waals surface area (Å²) >= 11 is 1.69. The van der Waals surface area contributed by atoms with E-state index in [9.17, 15) is 5.11 Å². The van der Waals surface area contributed by atoms with Gasteiger partial charge in [0.05, 0.1) is 6.61 Å². The summed E-state index contributed by atoms with van der Waals surface area (Å²) < 4.78 is 1.98. The van der Waals surface area contributed by atoms with Crippen molar-refractivity contribution in [2.24, 2.45) is 7.05 Å². The molecule has 0 fully saturated rings. The lowest BCUT2D eigenvalue weighted by Gasteiger charge is -2.29. The van der Waals surface area contributed by atoms with Crippen molar-refractivity contribution < 1.29 is 5.11 Å². The Morgan fingerprint density at radius 1 is 1.53 bits per heavy atom. The maximum Gasteiger partial charge on any atom is 0.191 e. The number of aryl methyl sites for hydroxylation is 1. The molecule has 0 aliphatic rings. The number of aliphatic hydroxyl groups excluding tert-OH is 1. The van der Waals surface area contributed by atoms with Crippen molar-refractivity contribution in [3.05, 3.63) is 5.82 Å². The maximum atomic E-state index is 9.35. The Bertz CT molecular complexity index is 362. The van der Waals surface area contributed by atoms with Gasteiger partial charge in [-0.05, 0) is 27.3 Å². The highest BCUT2D eigenvalue weighted by Crippen LogP contribution is 2.27. The Morgan fingerprint density at radius 2 is 2.18 bits per heavy atom. The summed E-state index contributed by atoms with van der Waals surface area (Å²) in [5.41, 5.74) is -0.236. The Morgan fingerprint density at radius 3 is 2.59 bits per heavy atom. The van der Waals surface area contributed by atoms with Gasteiger partial charge in [-0.25, -0.2) is 0 Å². The highest BCUT2D eigenvalue weighted by molar-refractivity contribution is 7.99. The van der Waals surface area contributed by atoms with Gasteiger partial charge < -0.3 is 15.0 Å². The number of hydrogen-bond acceptors (Lipinski definition) is 5. The third-order valence-electron chi connectivity index (χ3n) is 3.05. The minimum atomic E-state index is -0.236. The second-order valence-corrected chi connectivity index (χ2v) is 6.10. The van der Waals surface area contributed by atoms with Crippen molar-refractivity contribution >= 4 is 11.8 Å². The van der Waals surface area contributed by atoms with Crippen molar-refractivity contribution in [2.45, 2.75) is 43.1 Å². The molecule has 0 radical (unpaired) electrons. The average molecular weight is 258 g/mol. The van der Waals surface area contributed by atoms with Gasteiger partial charge in [0.1, 0.15) is 5.82 Å². The molecule has 1 rings (SSSR count). The third-order valence-corrected chi connectivity index (χ3v) is 4.19. The van der Waals surface area contributed by atoms with Gasteiger partial charge in [0.15, 0.2) is 5.16 Å². The van der Waals surface area contributed by atoms with Crippen molar-refractivity contribution in [1.29, 1.82) is 0 Å². The molecule has 0 saturated carbocycles. The van der Waals surface area contributed by atoms with Gasteiger partial charge in [-0.15, -0.1) is 10.2 Å². The lowest BCUT2D eigenvalue weighted by atomic mass is 9.98. The number of aromatic nitrogens is 3. The first kappa shape index (κ1) is 14.5. The molecule has 0 aliphatic carbocycles. The third kappa shape index (κ3) is 3.69. The Hall–Kier alpha value is -0.590. The summed E-state index contributed by atoms with van der Waals surface area (Å²) in [6.07, 6.45) is 0.872. The standard InChI is InChI=1S/C11H22N4OS/c1-8(6-11(3,7-16)12-4)17-10-14-13-9(2)15(10)5/h8,12,16H,6-7H2,1-5H3. The largest absolute Gasteiger partial charge is 0.394 e. The Balaban J connectivity index is 2.61. The molecule has 2 atom stereocenters. The quantitative estimate of drug-likeness (QED) is 0.744. The SMILES string of the molecule is CNC(C)(CO)CC(C)Sc1nnc(C)n1C. The number of aliphatic hydroxyl groups is 1. The first-order valence-electron chi connectivity index (χ1n) is 5.74. The van der Waals surface area contributed by atoms with Gasteiger partial charge >= 0.3 is 0 Å². The summed E-state index contributed by atoms with van der Waals surface area (Å²) in [7, 11) is 3.84. The molecule has 0 spiro atoms. The zero-order valence-electron chi connectivity index (χ0n) is 11.2. The van der Waals surface area contributed by atoms with E-state index in [4.69, 9.17) is 0 Å². The number of likely N-dealkylation sites (N-methyl/N-ethyl adjacent to an activating group) is 1. The van der Waals surface area contributed by atoms with Crippen LogP contribution in [0.5, 0.6) is 0 Å². The first-order valence-corrected chi connectivity index (χ1v) is 6.62. The fourth-order valence-corrected chi connectivity index (χ4v) is 2.78. The van der Waals surface area contributed by atoms with E-state index in [1.165, 1.54) is 0 Å². The number of nitrogens with one attached hydrogen (secondary N) is 1. The monoisotopic (exact) mass is 258 g/mol. The highest BCUT2D eigenvalue weighted by Gasteiger charge is 2.25. The van der Waals surface area contributed by atoms with Crippen LogP contribution >= 0.6 is 11.8 Å². The van der Waals surface area contributed by atoms with E-state index >= 15 is 0 Å². The van der Waals surface area contributed by atoms with Crippen LogP contribution in [0.2, 0.25) is 0 Å². The summed E-state index contributed by atoms with van der Waals surface area (Å²) in [5.74, 6) is 0.915. The fourth-order valence-electron chi connectivity index (χ4n) is 1.59. The van der Waals surface area contributed by atoms with E-state index in [0.29, 0.717) is 5.25 Å². The number of thioether (sulfide) groups is 1. The number of nitrogens with zero attached hydrogens (tertiary/aromatic N) is 3. The van der Waals surface area contributed by atoms with Crippen LogP contribution in [0.4, 0.5) is 0 Å². The summed E-state index contributed by atoms with van der Waals surface area (Å²) in [6.45, 7) is 6.23. The molecule has 1 aromatic heterocycles. The molecule has 1 aromatic rings. The molecule has 0 aromatic carbocycles. The zero-order valence-corrected chi connectivity index (χ0v) is 12.0. The highest BCUT2D eigenvalue weighted by atomic mass is 32.2. The second-order valence-electron chi connectivity index (χ2n) is 4.69. The van der Waals surface area contributed by atoms with Crippen LogP contribution in [-0.2, 0) is 7.05 Å². The Labute approximate surface area is 107 Å². The normalized spacial score (nSPS) is 16.8. The van der Waals surface area contributed by atoms with Crippen LogP contribution in [0.1, 0.15) is 26.1 Å². The predicted molar refractivity (Wildman–Crippen MR) is 70.2 cm³/mol. The number of hydrogen-bond donors (Lipinski definition) is 2. The van der Waals surface area contributed by atoms with Crippen molar-refractivity contribution in [3.8, 4) is 0 Å². The smallest absolute Gasteiger partial charge is 0.191 e. The molecule has 98 valence electrons. The van der Waals surface area contributed by atoms with E-state index in [-0.39, 0.29) is 12.1 Å². The van der Waals surface area contributed by atoms with Gasteiger partial charge in [-0.1, -0.05) is 18.7 Å². The van der Waals surface area contributed by atoms with Crippen LogP contribution in [0, 0.1) is 6.92 Å². The topological polar surface area (TPSA) is 63.0 Å². The van der Waals surface area contributed by atoms with Gasteiger partial charge in [-0.3, -0.25) is 0 Å². The predicted octanol–water partition coefficient (Wildman–Crippen LogP) is 0.965. The molecular weight excluding hydrogens is 236 g/mol. The van der Waals surface area contributed by atoms with E-state index in [1.54, 1.807) is 11.8 Å². The van der Waals surface area contributed by atoms with Gasteiger partial charge in [0, 0.05) is 17.8 Å². The molecule has 6 heteroatoms. The summed E-state index contributed by atoms with van der Waals surface area (Å²) in [4.78, 5) is 0. The summed E-state index contributed by atoms with van der Waals surface area (Å²) in [5, 5.41) is 22.0. The molecule has 0 bridgehead atoms. The number of rotatable bonds is 6. The molecule has 0 amide bonds. The Kier molecular flexibility index (Phi) is 4.97. The molecule has 5 nitrogen and oxygen atoms in total. The first-order chi connectivity index (χ1) is 7.91. The minimum absolute atomic E-state index is 0.131. The van der Waals surface area contributed by atoms with Crippen molar-refractivity contribution in [3.63, 3.8) is 0 Å². The molecule has 0 saturated heterocycles. The van der Waals surface area contributed by atoms with Crippen LogP contribution in [-0.4, -0.2) is 44.3 Å². The lowest BCUT2D eigenvalue weighted by molar-refractivity contribution is 0.174. The molecule has 17 heavy (non-hydrogen) atoms. The fraction of sp³-hybridized carbons (Fsp3) is 0.818. The van der Waals surface area contributed by atoms with Gasteiger partial charge in [0.25, 0.3) is 0 Å². The van der Waals surface area contributed by atoms with E-state index in [1.807, 2.05) is 32.5 Å². The average Bonchev–Trinajstić information content (AvgIpc) is 2.60. The molecular formula is C11H22N4OS. The van der Waals surface area contributed by atoms with Gasteiger partial charge in [-0.2, -0.15) is 0 Å². The van der Waals surface area contributed by atoms with Crippen molar-refractivity contribution in [1.82, 2.24) is 20.1 Å². The second kappa shape index (κ2) is 5.84. The van der Waals surface area contributed by atoms with E-state index < -0.39 is 0 Å². The minimum Gasteiger partial charge on any atom is -0.394 e. The molecule has 2 N–H and O–H groups in total.